The molecule has 3 heterocycles. The average molecular weight is 415 g/mol. The number of carbonyl (C=O) groups is 1. The van der Waals surface area contributed by atoms with Crippen LogP contribution < -0.4 is 4.74 Å². The number of piperidine rings is 1. The fraction of sp³-hybridized carbons (Fsp3) is 0.478. The minimum atomic E-state index is -0.206. The van der Waals surface area contributed by atoms with Crippen LogP contribution in [0.25, 0.3) is 11.1 Å². The first-order chi connectivity index (χ1) is 13.9. The highest BCUT2D eigenvalue weighted by molar-refractivity contribution is 6.32. The van der Waals surface area contributed by atoms with Crippen LogP contribution in [0.4, 0.5) is 4.79 Å². The van der Waals surface area contributed by atoms with Crippen molar-refractivity contribution in [1.29, 1.82) is 0 Å². The SMILES string of the molecule is Cc1ccnc(Cl)c1-c1ccc2c(c1)CC(C1CCN(C(=O)OC(C)C)CC1)O2. The van der Waals surface area contributed by atoms with Gasteiger partial charge >= 0.3 is 6.09 Å². The van der Waals surface area contributed by atoms with E-state index in [9.17, 15) is 4.79 Å². The molecule has 2 aliphatic rings. The molecule has 4 rings (SSSR count). The van der Waals surface area contributed by atoms with Gasteiger partial charge in [0.25, 0.3) is 0 Å². The smallest absolute Gasteiger partial charge is 0.410 e. The van der Waals surface area contributed by atoms with Crippen molar-refractivity contribution < 1.29 is 14.3 Å². The van der Waals surface area contributed by atoms with Gasteiger partial charge in [0, 0.05) is 31.3 Å². The number of carbonyl (C=O) groups excluding carboxylic acids is 1. The van der Waals surface area contributed by atoms with E-state index in [2.05, 4.69) is 17.1 Å². The Morgan fingerprint density at radius 1 is 1.28 bits per heavy atom. The lowest BCUT2D eigenvalue weighted by atomic mass is 9.88. The number of nitrogens with zero attached hydrogens (tertiary/aromatic N) is 2. The number of likely N-dealkylation sites (tertiary alicyclic amines) is 1. The number of aromatic nitrogens is 1. The topological polar surface area (TPSA) is 51.7 Å². The zero-order valence-corrected chi connectivity index (χ0v) is 17.9. The van der Waals surface area contributed by atoms with E-state index in [-0.39, 0.29) is 18.3 Å². The van der Waals surface area contributed by atoms with E-state index < -0.39 is 0 Å². The standard InChI is InChI=1S/C23H27ClN2O3/c1-14(2)28-23(27)26-10-7-16(8-11-26)20-13-18-12-17(4-5-19(18)29-20)21-15(3)6-9-25-22(21)24/h4-6,9,12,14,16,20H,7-8,10-11,13H2,1-3H3. The van der Waals surface area contributed by atoms with Gasteiger partial charge in [0.2, 0.25) is 0 Å². The van der Waals surface area contributed by atoms with Gasteiger partial charge in [-0.3, -0.25) is 0 Å². The molecule has 1 atom stereocenters. The summed E-state index contributed by atoms with van der Waals surface area (Å²) in [5.41, 5.74) is 4.39. The van der Waals surface area contributed by atoms with Crippen molar-refractivity contribution in [2.24, 2.45) is 5.92 Å². The minimum Gasteiger partial charge on any atom is -0.490 e. The first kappa shape index (κ1) is 20.0. The number of fused-ring (bicyclic) bond motifs is 1. The summed E-state index contributed by atoms with van der Waals surface area (Å²) in [6.07, 6.45) is 4.37. The lowest BCUT2D eigenvalue weighted by molar-refractivity contribution is 0.0503. The van der Waals surface area contributed by atoms with Crippen LogP contribution in [-0.4, -0.2) is 41.3 Å². The lowest BCUT2D eigenvalue weighted by Crippen LogP contribution is -2.43. The number of hydrogen-bond donors (Lipinski definition) is 0. The Labute approximate surface area is 177 Å². The zero-order chi connectivity index (χ0) is 20.5. The quantitative estimate of drug-likeness (QED) is 0.642. The van der Waals surface area contributed by atoms with Crippen LogP contribution in [-0.2, 0) is 11.2 Å². The number of pyridine rings is 1. The molecule has 5 nitrogen and oxygen atoms in total. The maximum Gasteiger partial charge on any atom is 0.410 e. The summed E-state index contributed by atoms with van der Waals surface area (Å²) in [6, 6.07) is 8.26. The van der Waals surface area contributed by atoms with Crippen LogP contribution in [0.3, 0.4) is 0 Å². The van der Waals surface area contributed by atoms with Gasteiger partial charge in [-0.05, 0) is 74.4 Å². The molecule has 0 saturated carbocycles. The van der Waals surface area contributed by atoms with Gasteiger partial charge < -0.3 is 14.4 Å². The molecule has 2 aliphatic heterocycles. The molecule has 154 valence electrons. The van der Waals surface area contributed by atoms with Crippen molar-refractivity contribution >= 4 is 17.7 Å². The summed E-state index contributed by atoms with van der Waals surface area (Å²) in [5, 5.41) is 0.529. The molecule has 1 unspecified atom stereocenters. The van der Waals surface area contributed by atoms with E-state index in [1.54, 1.807) is 6.20 Å². The summed E-state index contributed by atoms with van der Waals surface area (Å²) in [5.74, 6) is 1.40. The minimum absolute atomic E-state index is 0.0842. The maximum absolute atomic E-state index is 12.1. The van der Waals surface area contributed by atoms with Crippen LogP contribution in [0.15, 0.2) is 30.5 Å². The second kappa shape index (κ2) is 8.23. The van der Waals surface area contributed by atoms with Crippen molar-refractivity contribution in [3.05, 3.63) is 46.7 Å². The predicted molar refractivity (Wildman–Crippen MR) is 113 cm³/mol. The van der Waals surface area contributed by atoms with Gasteiger partial charge in [0.1, 0.15) is 17.0 Å². The van der Waals surface area contributed by atoms with Crippen LogP contribution in [0, 0.1) is 12.8 Å². The molecule has 0 radical (unpaired) electrons. The number of hydrogen-bond acceptors (Lipinski definition) is 4. The summed E-state index contributed by atoms with van der Waals surface area (Å²) < 4.78 is 11.6. The molecular formula is C23H27ClN2O3. The Balaban J connectivity index is 1.42. The number of rotatable bonds is 3. The Morgan fingerprint density at radius 3 is 2.72 bits per heavy atom. The molecular weight excluding hydrogens is 388 g/mol. The molecule has 0 N–H and O–H groups in total. The monoisotopic (exact) mass is 414 g/mol. The lowest BCUT2D eigenvalue weighted by Gasteiger charge is -2.34. The molecule has 1 aromatic heterocycles. The van der Waals surface area contributed by atoms with E-state index >= 15 is 0 Å². The van der Waals surface area contributed by atoms with Crippen molar-refractivity contribution in [2.75, 3.05) is 13.1 Å². The fourth-order valence-corrected chi connectivity index (χ4v) is 4.61. The van der Waals surface area contributed by atoms with Crippen LogP contribution in [0.2, 0.25) is 5.15 Å². The molecule has 2 aromatic rings. The highest BCUT2D eigenvalue weighted by Gasteiger charge is 2.34. The first-order valence-corrected chi connectivity index (χ1v) is 10.7. The molecule has 0 bridgehead atoms. The molecule has 0 spiro atoms. The van der Waals surface area contributed by atoms with Crippen molar-refractivity contribution in [3.63, 3.8) is 0 Å². The Kier molecular flexibility index (Phi) is 5.68. The van der Waals surface area contributed by atoms with Gasteiger partial charge in [-0.25, -0.2) is 9.78 Å². The molecule has 29 heavy (non-hydrogen) atoms. The number of amides is 1. The molecule has 1 amide bonds. The highest BCUT2D eigenvalue weighted by Crippen LogP contribution is 2.39. The van der Waals surface area contributed by atoms with Gasteiger partial charge in [-0.1, -0.05) is 17.7 Å². The summed E-state index contributed by atoms with van der Waals surface area (Å²) in [6.45, 7) is 7.25. The van der Waals surface area contributed by atoms with Crippen LogP contribution in [0.1, 0.15) is 37.8 Å². The predicted octanol–water partition coefficient (Wildman–Crippen LogP) is 5.27. The second-order valence-electron chi connectivity index (χ2n) is 8.23. The maximum atomic E-state index is 12.1. The first-order valence-electron chi connectivity index (χ1n) is 10.3. The molecule has 1 saturated heterocycles. The van der Waals surface area contributed by atoms with E-state index in [4.69, 9.17) is 21.1 Å². The van der Waals surface area contributed by atoms with Crippen LogP contribution in [0.5, 0.6) is 5.75 Å². The van der Waals surface area contributed by atoms with E-state index in [0.717, 1.165) is 54.8 Å². The van der Waals surface area contributed by atoms with Crippen LogP contribution >= 0.6 is 11.6 Å². The Morgan fingerprint density at radius 2 is 2.03 bits per heavy atom. The highest BCUT2D eigenvalue weighted by atomic mass is 35.5. The summed E-state index contributed by atoms with van der Waals surface area (Å²) in [7, 11) is 0. The molecule has 1 aromatic carbocycles. The van der Waals surface area contributed by atoms with E-state index in [0.29, 0.717) is 11.1 Å². The largest absolute Gasteiger partial charge is 0.490 e. The number of aryl methyl sites for hydroxylation is 1. The number of halogens is 1. The summed E-state index contributed by atoms with van der Waals surface area (Å²) in [4.78, 5) is 18.1. The third-order valence-electron chi connectivity index (χ3n) is 5.82. The number of benzene rings is 1. The third kappa shape index (κ3) is 4.20. The van der Waals surface area contributed by atoms with Crippen molar-refractivity contribution in [3.8, 4) is 16.9 Å². The molecule has 6 heteroatoms. The van der Waals surface area contributed by atoms with Gasteiger partial charge in [0.15, 0.2) is 0 Å². The zero-order valence-electron chi connectivity index (χ0n) is 17.2. The van der Waals surface area contributed by atoms with Crippen molar-refractivity contribution in [1.82, 2.24) is 9.88 Å². The second-order valence-corrected chi connectivity index (χ2v) is 8.59. The summed E-state index contributed by atoms with van der Waals surface area (Å²) >= 11 is 6.35. The normalized spacial score (nSPS) is 19.2. The third-order valence-corrected chi connectivity index (χ3v) is 6.11. The van der Waals surface area contributed by atoms with Gasteiger partial charge in [-0.2, -0.15) is 0 Å². The van der Waals surface area contributed by atoms with E-state index in [1.165, 1.54) is 5.56 Å². The van der Waals surface area contributed by atoms with Gasteiger partial charge in [-0.15, -0.1) is 0 Å². The molecule has 0 aliphatic carbocycles. The fourth-order valence-electron chi connectivity index (χ4n) is 4.30. The Hall–Kier alpha value is -2.27. The Bertz CT molecular complexity index is 887. The van der Waals surface area contributed by atoms with Crippen molar-refractivity contribution in [2.45, 2.75) is 52.2 Å². The van der Waals surface area contributed by atoms with E-state index in [1.807, 2.05) is 37.8 Å². The number of ether oxygens (including phenoxy) is 2. The molecule has 1 fully saturated rings. The average Bonchev–Trinajstić information content (AvgIpc) is 3.11. The van der Waals surface area contributed by atoms with Gasteiger partial charge in [0.05, 0.1) is 6.10 Å².